The van der Waals surface area contributed by atoms with Crippen LogP contribution < -0.4 is 5.73 Å². The summed E-state index contributed by atoms with van der Waals surface area (Å²) >= 11 is 0. The summed E-state index contributed by atoms with van der Waals surface area (Å²) in [6.45, 7) is 7.07. The maximum Gasteiger partial charge on any atom is 0.323 e. The lowest BCUT2D eigenvalue weighted by Crippen LogP contribution is -2.47. The van der Waals surface area contributed by atoms with Crippen molar-refractivity contribution in [2.24, 2.45) is 5.73 Å². The number of carbonyl (C=O) groups is 1. The van der Waals surface area contributed by atoms with Gasteiger partial charge in [-0.2, -0.15) is 0 Å². The molecule has 0 aliphatic carbocycles. The quantitative estimate of drug-likeness (QED) is 0.772. The molecule has 0 radical (unpaired) electrons. The first kappa shape index (κ1) is 14.5. The number of nitrogens with zero attached hydrogens (tertiary/aromatic N) is 1. The van der Waals surface area contributed by atoms with Crippen LogP contribution in [-0.2, 0) is 4.79 Å². The van der Waals surface area contributed by atoms with Crippen LogP contribution in [-0.4, -0.2) is 40.1 Å². The Morgan fingerprint density at radius 1 is 1.41 bits per heavy atom. The molecule has 3 atom stereocenters. The molecule has 1 rings (SSSR count). The standard InChI is InChI=1S/C13H26N2O2/c1-10-6-4-7-11(2)15(10)9-5-8-13(3,14)12(16)17/h10-11H,4-9,14H2,1-3H3,(H,16,17)/t10-,11+,13?. The highest BCUT2D eigenvalue weighted by atomic mass is 16.4. The third-order valence-corrected chi connectivity index (χ3v) is 3.98. The van der Waals surface area contributed by atoms with E-state index < -0.39 is 11.5 Å². The number of piperidine rings is 1. The summed E-state index contributed by atoms with van der Waals surface area (Å²) in [5.41, 5.74) is 4.65. The van der Waals surface area contributed by atoms with E-state index in [1.54, 1.807) is 6.92 Å². The van der Waals surface area contributed by atoms with Gasteiger partial charge in [-0.1, -0.05) is 6.42 Å². The van der Waals surface area contributed by atoms with E-state index in [2.05, 4.69) is 18.7 Å². The molecule has 1 aliphatic heterocycles. The highest BCUT2D eigenvalue weighted by Gasteiger charge is 2.29. The molecular formula is C13H26N2O2. The summed E-state index contributed by atoms with van der Waals surface area (Å²) in [5.74, 6) is -0.905. The molecule has 17 heavy (non-hydrogen) atoms. The molecule has 3 N–H and O–H groups in total. The molecule has 1 heterocycles. The van der Waals surface area contributed by atoms with Crippen molar-refractivity contribution in [3.05, 3.63) is 0 Å². The summed E-state index contributed by atoms with van der Waals surface area (Å²) in [7, 11) is 0. The Kier molecular flexibility index (Phi) is 4.95. The van der Waals surface area contributed by atoms with Gasteiger partial charge in [0.1, 0.15) is 5.54 Å². The Bertz CT molecular complexity index is 256. The highest BCUT2D eigenvalue weighted by molar-refractivity contribution is 5.77. The number of hydrogen-bond acceptors (Lipinski definition) is 3. The summed E-state index contributed by atoms with van der Waals surface area (Å²) in [6.07, 6.45) is 5.21. The first-order valence-electron chi connectivity index (χ1n) is 6.62. The van der Waals surface area contributed by atoms with Crippen LogP contribution in [0.3, 0.4) is 0 Å². The first-order valence-corrected chi connectivity index (χ1v) is 6.62. The zero-order chi connectivity index (χ0) is 13.1. The van der Waals surface area contributed by atoms with Gasteiger partial charge in [0.05, 0.1) is 0 Å². The van der Waals surface area contributed by atoms with Gasteiger partial charge in [0.15, 0.2) is 0 Å². The fourth-order valence-electron chi connectivity index (χ4n) is 2.65. The van der Waals surface area contributed by atoms with Crippen LogP contribution in [0.5, 0.6) is 0 Å². The molecule has 0 aromatic heterocycles. The zero-order valence-electron chi connectivity index (χ0n) is 11.3. The smallest absolute Gasteiger partial charge is 0.323 e. The number of carboxylic acids is 1. The SMILES string of the molecule is C[C@@H]1CCC[C@H](C)N1CCCC(C)(N)C(=O)O. The highest BCUT2D eigenvalue weighted by Crippen LogP contribution is 2.23. The van der Waals surface area contributed by atoms with Crippen LogP contribution in [0.2, 0.25) is 0 Å². The van der Waals surface area contributed by atoms with Gasteiger partial charge in [0.2, 0.25) is 0 Å². The fraction of sp³-hybridized carbons (Fsp3) is 0.923. The molecule has 1 fully saturated rings. The fourth-order valence-corrected chi connectivity index (χ4v) is 2.65. The maximum absolute atomic E-state index is 10.9. The lowest BCUT2D eigenvalue weighted by molar-refractivity contribution is -0.143. The van der Waals surface area contributed by atoms with E-state index in [4.69, 9.17) is 10.8 Å². The molecule has 4 nitrogen and oxygen atoms in total. The van der Waals surface area contributed by atoms with Gasteiger partial charge in [-0.25, -0.2) is 0 Å². The summed E-state index contributed by atoms with van der Waals surface area (Å²) in [4.78, 5) is 13.4. The van der Waals surface area contributed by atoms with Crippen molar-refractivity contribution in [3.63, 3.8) is 0 Å². The molecule has 0 aromatic rings. The van der Waals surface area contributed by atoms with Crippen LogP contribution in [0.4, 0.5) is 0 Å². The number of likely N-dealkylation sites (tertiary alicyclic amines) is 1. The van der Waals surface area contributed by atoms with Crippen LogP contribution in [0, 0.1) is 0 Å². The minimum atomic E-state index is -1.08. The normalized spacial score (nSPS) is 29.9. The number of hydrogen-bond donors (Lipinski definition) is 2. The van der Waals surface area contributed by atoms with Gasteiger partial charge in [-0.3, -0.25) is 9.69 Å². The van der Waals surface area contributed by atoms with Gasteiger partial charge >= 0.3 is 5.97 Å². The van der Waals surface area contributed by atoms with Crippen LogP contribution in [0.15, 0.2) is 0 Å². The second kappa shape index (κ2) is 5.83. The molecule has 4 heteroatoms. The molecule has 1 aliphatic rings. The van der Waals surface area contributed by atoms with Gasteiger partial charge < -0.3 is 10.8 Å². The van der Waals surface area contributed by atoms with E-state index in [0.29, 0.717) is 18.5 Å². The molecule has 1 saturated heterocycles. The third-order valence-electron chi connectivity index (χ3n) is 3.98. The van der Waals surface area contributed by atoms with Gasteiger partial charge in [-0.05, 0) is 53.0 Å². The Morgan fingerprint density at radius 3 is 2.41 bits per heavy atom. The van der Waals surface area contributed by atoms with Crippen molar-refractivity contribution >= 4 is 5.97 Å². The summed E-state index contributed by atoms with van der Waals surface area (Å²) in [6, 6.07) is 1.24. The van der Waals surface area contributed by atoms with Crippen molar-refractivity contribution in [2.75, 3.05) is 6.54 Å². The van der Waals surface area contributed by atoms with Crippen LogP contribution in [0.1, 0.15) is 52.9 Å². The summed E-state index contributed by atoms with van der Waals surface area (Å²) in [5, 5.41) is 8.94. The summed E-state index contributed by atoms with van der Waals surface area (Å²) < 4.78 is 0. The second-order valence-electron chi connectivity index (χ2n) is 5.69. The molecule has 0 aromatic carbocycles. The topological polar surface area (TPSA) is 66.6 Å². The minimum Gasteiger partial charge on any atom is -0.480 e. The Labute approximate surface area is 104 Å². The molecule has 0 amide bonds. The van der Waals surface area contributed by atoms with E-state index in [1.165, 1.54) is 19.3 Å². The van der Waals surface area contributed by atoms with Crippen molar-refractivity contribution in [3.8, 4) is 0 Å². The number of carboxylic acid groups (broad SMARTS) is 1. The maximum atomic E-state index is 10.9. The minimum absolute atomic E-state index is 0.540. The van der Waals surface area contributed by atoms with E-state index in [9.17, 15) is 4.79 Å². The van der Waals surface area contributed by atoms with E-state index in [0.717, 1.165) is 13.0 Å². The van der Waals surface area contributed by atoms with Gasteiger partial charge in [0, 0.05) is 12.1 Å². The molecule has 0 spiro atoms. The molecular weight excluding hydrogens is 216 g/mol. The number of rotatable bonds is 5. The Balaban J connectivity index is 2.37. The van der Waals surface area contributed by atoms with Gasteiger partial charge in [-0.15, -0.1) is 0 Å². The largest absolute Gasteiger partial charge is 0.480 e. The zero-order valence-corrected chi connectivity index (χ0v) is 11.3. The predicted octanol–water partition coefficient (Wildman–Crippen LogP) is 1.83. The van der Waals surface area contributed by atoms with E-state index in [1.807, 2.05) is 0 Å². The first-order chi connectivity index (χ1) is 7.84. The monoisotopic (exact) mass is 242 g/mol. The number of aliphatic carboxylic acids is 1. The van der Waals surface area contributed by atoms with Crippen molar-refractivity contribution in [2.45, 2.75) is 70.5 Å². The third kappa shape index (κ3) is 3.96. The molecule has 0 bridgehead atoms. The molecule has 1 unspecified atom stereocenters. The molecule has 100 valence electrons. The van der Waals surface area contributed by atoms with Crippen LogP contribution >= 0.6 is 0 Å². The predicted molar refractivity (Wildman–Crippen MR) is 68.9 cm³/mol. The van der Waals surface area contributed by atoms with Crippen molar-refractivity contribution in [1.29, 1.82) is 0 Å². The van der Waals surface area contributed by atoms with E-state index in [-0.39, 0.29) is 0 Å². The number of nitrogens with two attached hydrogens (primary N) is 1. The molecule has 0 saturated carbocycles. The second-order valence-corrected chi connectivity index (χ2v) is 5.69. The Morgan fingerprint density at radius 2 is 1.94 bits per heavy atom. The van der Waals surface area contributed by atoms with Crippen LogP contribution in [0.25, 0.3) is 0 Å². The average Bonchev–Trinajstić information content (AvgIpc) is 2.22. The lowest BCUT2D eigenvalue weighted by atomic mass is 9.94. The van der Waals surface area contributed by atoms with Crippen molar-refractivity contribution < 1.29 is 9.90 Å². The average molecular weight is 242 g/mol. The Hall–Kier alpha value is -0.610. The van der Waals surface area contributed by atoms with Crippen molar-refractivity contribution in [1.82, 2.24) is 4.90 Å². The van der Waals surface area contributed by atoms with Gasteiger partial charge in [0.25, 0.3) is 0 Å². The van der Waals surface area contributed by atoms with E-state index >= 15 is 0 Å². The lowest BCUT2D eigenvalue weighted by Gasteiger charge is -2.39.